The minimum absolute atomic E-state index is 0. The van der Waals surface area contributed by atoms with Gasteiger partial charge in [-0.1, -0.05) is 24.6 Å². The van der Waals surface area contributed by atoms with Crippen LogP contribution in [0.3, 0.4) is 0 Å². The van der Waals surface area contributed by atoms with E-state index in [1.165, 1.54) is 0 Å². The molecule has 0 saturated heterocycles. The maximum atomic E-state index is 11.0. The number of aryl methyl sites for hydroxylation is 1. The fourth-order valence-electron chi connectivity index (χ4n) is 2.49. The molecule has 0 aliphatic carbocycles. The van der Waals surface area contributed by atoms with Gasteiger partial charge in [0.15, 0.2) is 6.29 Å². The fraction of sp³-hybridized carbons (Fsp3) is 0.0870. The van der Waals surface area contributed by atoms with Crippen LogP contribution in [0.15, 0.2) is 66.7 Å². The third-order valence-corrected chi connectivity index (χ3v) is 3.88. The molecule has 0 unspecified atom stereocenters. The first-order valence-electron chi connectivity index (χ1n) is 8.25. The molecule has 0 spiro atoms. The molecule has 132 valence electrons. The maximum Gasteiger partial charge on any atom is 1.00 e. The Bertz CT molecular complexity index is 889. The monoisotopic (exact) mass is 383 g/mol. The van der Waals surface area contributed by atoms with Gasteiger partial charge in [-0.15, -0.1) is 18.2 Å². The number of phenols is 1. The number of carbonyl (C=O) groups is 1. The molecule has 0 amide bonds. The Kier molecular flexibility index (Phi) is 10.3. The summed E-state index contributed by atoms with van der Waals surface area (Å²) in [5, 5.41) is 9.87. The second-order valence-corrected chi connectivity index (χ2v) is 5.71. The Balaban J connectivity index is 0.000000385. The fourth-order valence-corrected chi connectivity index (χ4v) is 2.49. The molecule has 0 atom stereocenters. The van der Waals surface area contributed by atoms with E-state index in [0.29, 0.717) is 23.8 Å². The minimum Gasteiger partial charge on any atom is -0.507 e. The average molecular weight is 384 g/mol. The van der Waals surface area contributed by atoms with Gasteiger partial charge in [0.25, 0.3) is 0 Å². The Morgan fingerprint density at radius 2 is 1.70 bits per heavy atom. The minimum atomic E-state index is 0. The standard InChI is InChI=1S/C16H13O3.C7H7.K/c1-2-12-7-14(8-15(10-18)16(12)19)13-5-3-4-11(6-13)9-17;1-7-5-3-2-4-6-7;/h3-8,10,19H,2H2,1H3;2-6H,1H2;/q2*-1;+1. The number of hydrogen-bond donors (Lipinski definition) is 1. The predicted molar refractivity (Wildman–Crippen MR) is 104 cm³/mol. The van der Waals surface area contributed by atoms with Crippen LogP contribution in [0.25, 0.3) is 11.1 Å². The summed E-state index contributed by atoms with van der Waals surface area (Å²) < 4.78 is 0. The van der Waals surface area contributed by atoms with Crippen LogP contribution in [-0.4, -0.2) is 17.7 Å². The summed E-state index contributed by atoms with van der Waals surface area (Å²) in [6.07, 6.45) is 3.09. The predicted octanol–water partition coefficient (Wildman–Crippen LogP) is 1.76. The maximum absolute atomic E-state index is 11.0. The molecule has 0 bridgehead atoms. The van der Waals surface area contributed by atoms with Crippen LogP contribution >= 0.6 is 0 Å². The molecule has 0 aromatic heterocycles. The van der Waals surface area contributed by atoms with Crippen molar-refractivity contribution in [2.75, 3.05) is 0 Å². The van der Waals surface area contributed by atoms with E-state index in [4.69, 9.17) is 0 Å². The van der Waals surface area contributed by atoms with Gasteiger partial charge in [0.2, 0.25) is 0 Å². The van der Waals surface area contributed by atoms with Gasteiger partial charge < -0.3 is 9.90 Å². The van der Waals surface area contributed by atoms with E-state index in [9.17, 15) is 14.7 Å². The van der Waals surface area contributed by atoms with Crippen molar-refractivity contribution in [2.45, 2.75) is 13.3 Å². The zero-order chi connectivity index (χ0) is 18.9. The topological polar surface area (TPSA) is 54.4 Å². The van der Waals surface area contributed by atoms with Gasteiger partial charge in [0.05, 0.1) is 11.8 Å². The summed E-state index contributed by atoms with van der Waals surface area (Å²) in [5.74, 6) is 0.0272. The van der Waals surface area contributed by atoms with Crippen molar-refractivity contribution in [3.05, 3.63) is 95.9 Å². The average Bonchev–Trinajstić information content (AvgIpc) is 2.69. The Hall–Kier alpha value is -1.69. The summed E-state index contributed by atoms with van der Waals surface area (Å²) in [7, 11) is 0. The van der Waals surface area contributed by atoms with Crippen LogP contribution in [0.2, 0.25) is 0 Å². The normalized spacial score (nSPS) is 9.37. The van der Waals surface area contributed by atoms with Crippen molar-refractivity contribution in [2.24, 2.45) is 0 Å². The van der Waals surface area contributed by atoms with E-state index >= 15 is 0 Å². The SMILES string of the molecule is CCc1cc(-c2cccc([C-]=O)c2)cc(C=O)c1O.[CH2-]c1ccccc1.[K+]. The summed E-state index contributed by atoms with van der Waals surface area (Å²) in [6.45, 7) is 5.63. The van der Waals surface area contributed by atoms with Gasteiger partial charge in [-0.2, -0.15) is 42.3 Å². The van der Waals surface area contributed by atoms with Gasteiger partial charge in [0.1, 0.15) is 5.75 Å². The number of rotatable bonds is 4. The molecule has 0 heterocycles. The Morgan fingerprint density at radius 3 is 2.22 bits per heavy atom. The van der Waals surface area contributed by atoms with E-state index in [1.807, 2.05) is 55.7 Å². The molecule has 27 heavy (non-hydrogen) atoms. The third kappa shape index (κ3) is 6.76. The molecule has 3 rings (SSSR count). The van der Waals surface area contributed by atoms with Crippen LogP contribution in [0.1, 0.15) is 34.0 Å². The molecule has 3 aromatic rings. The number of aldehydes is 1. The first-order chi connectivity index (χ1) is 12.6. The molecular formula is C23H20KO3-. The van der Waals surface area contributed by atoms with E-state index < -0.39 is 0 Å². The molecule has 0 aliphatic rings. The number of aromatic hydroxyl groups is 1. The van der Waals surface area contributed by atoms with Crippen molar-refractivity contribution < 1.29 is 66.1 Å². The van der Waals surface area contributed by atoms with Gasteiger partial charge in [-0.05, 0) is 29.7 Å². The molecule has 0 saturated carbocycles. The second-order valence-electron chi connectivity index (χ2n) is 5.71. The molecule has 4 heteroatoms. The third-order valence-electron chi connectivity index (χ3n) is 3.88. The van der Waals surface area contributed by atoms with Gasteiger partial charge >= 0.3 is 51.4 Å². The van der Waals surface area contributed by atoms with E-state index in [2.05, 4.69) is 6.92 Å². The molecule has 3 nitrogen and oxygen atoms in total. The first kappa shape index (κ1) is 23.3. The van der Waals surface area contributed by atoms with Crippen molar-refractivity contribution >= 4 is 12.6 Å². The number of carbonyl (C=O) groups excluding carboxylic acids is 2. The summed E-state index contributed by atoms with van der Waals surface area (Å²) >= 11 is 0. The molecule has 0 radical (unpaired) electrons. The zero-order valence-corrected chi connectivity index (χ0v) is 18.7. The smallest absolute Gasteiger partial charge is 0.507 e. The van der Waals surface area contributed by atoms with E-state index in [0.717, 1.165) is 16.7 Å². The van der Waals surface area contributed by atoms with Crippen LogP contribution in [0.4, 0.5) is 0 Å². The van der Waals surface area contributed by atoms with Crippen molar-refractivity contribution in [3.8, 4) is 16.9 Å². The van der Waals surface area contributed by atoms with Gasteiger partial charge in [-0.3, -0.25) is 4.79 Å². The Labute approximate surface area is 202 Å². The van der Waals surface area contributed by atoms with Gasteiger partial charge in [0, 0.05) is 0 Å². The number of benzene rings is 3. The number of hydrogen-bond acceptors (Lipinski definition) is 3. The van der Waals surface area contributed by atoms with Crippen LogP contribution in [0.5, 0.6) is 5.75 Å². The van der Waals surface area contributed by atoms with Crippen LogP contribution in [-0.2, 0) is 11.2 Å². The van der Waals surface area contributed by atoms with Crippen LogP contribution in [0, 0.1) is 6.92 Å². The molecule has 0 aliphatic heterocycles. The van der Waals surface area contributed by atoms with Crippen molar-refractivity contribution in [1.29, 1.82) is 0 Å². The molecule has 1 N–H and O–H groups in total. The second kappa shape index (κ2) is 11.9. The zero-order valence-electron chi connectivity index (χ0n) is 15.6. The van der Waals surface area contributed by atoms with Crippen molar-refractivity contribution in [3.63, 3.8) is 0 Å². The van der Waals surface area contributed by atoms with E-state index in [1.54, 1.807) is 24.3 Å². The van der Waals surface area contributed by atoms with Crippen LogP contribution < -0.4 is 51.4 Å². The largest absolute Gasteiger partial charge is 1.00 e. The molecule has 3 aromatic carbocycles. The van der Waals surface area contributed by atoms with Gasteiger partial charge in [-0.25, -0.2) is 0 Å². The molecular weight excluding hydrogens is 363 g/mol. The number of phenolic OH excluding ortho intramolecular Hbond substituents is 1. The summed E-state index contributed by atoms with van der Waals surface area (Å²) in [6, 6.07) is 20.3. The summed E-state index contributed by atoms with van der Waals surface area (Å²) in [5.41, 5.74) is 4.11. The molecule has 0 fully saturated rings. The quantitative estimate of drug-likeness (QED) is 0.424. The van der Waals surface area contributed by atoms with Crippen molar-refractivity contribution in [1.82, 2.24) is 0 Å². The first-order valence-corrected chi connectivity index (χ1v) is 8.25. The Morgan fingerprint density at radius 1 is 1.00 bits per heavy atom. The summed E-state index contributed by atoms with van der Waals surface area (Å²) in [4.78, 5) is 21.6. The van der Waals surface area contributed by atoms with E-state index in [-0.39, 0.29) is 62.7 Å².